The third-order valence-electron chi connectivity index (χ3n) is 9.62. The lowest BCUT2D eigenvalue weighted by Gasteiger charge is -2.41. The van der Waals surface area contributed by atoms with Crippen molar-refractivity contribution >= 4 is 17.9 Å². The number of benzene rings is 1. The number of carbonyl (C=O) groups excluding carboxylic acids is 3. The summed E-state index contributed by atoms with van der Waals surface area (Å²) in [6.45, 7) is 9.45. The third-order valence-corrected chi connectivity index (χ3v) is 9.62. The summed E-state index contributed by atoms with van der Waals surface area (Å²) in [7, 11) is 0. The van der Waals surface area contributed by atoms with E-state index in [0.29, 0.717) is 31.9 Å². The van der Waals surface area contributed by atoms with Gasteiger partial charge in [-0.25, -0.2) is 14.6 Å². The van der Waals surface area contributed by atoms with Crippen LogP contribution in [-0.2, 0) is 22.5 Å². The molecule has 2 aromatic rings. The van der Waals surface area contributed by atoms with Crippen LogP contribution in [0.3, 0.4) is 0 Å². The average Bonchev–Trinajstić information content (AvgIpc) is 3.43. The Morgan fingerprint density at radius 3 is 2.57 bits per heavy atom. The number of piperidine rings is 1. The first-order valence-electron chi connectivity index (χ1n) is 16.0. The Morgan fingerprint density at radius 2 is 1.82 bits per heavy atom. The number of nitrogens with zero attached hydrogens (tertiary/aromatic N) is 5. The van der Waals surface area contributed by atoms with E-state index in [1.54, 1.807) is 21.9 Å². The number of hydrazine groups is 1. The predicted octanol–water partition coefficient (Wildman–Crippen LogP) is 4.10. The fraction of sp³-hybridized carbons (Fsp3) is 0.656. The number of halogens is 1. The van der Waals surface area contributed by atoms with Gasteiger partial charge in [0.05, 0.1) is 18.2 Å². The fourth-order valence-corrected chi connectivity index (χ4v) is 7.46. The Morgan fingerprint density at radius 1 is 1.07 bits per heavy atom. The highest BCUT2D eigenvalue weighted by Crippen LogP contribution is 2.36. The van der Waals surface area contributed by atoms with Crippen LogP contribution in [0.5, 0.6) is 0 Å². The van der Waals surface area contributed by atoms with Gasteiger partial charge < -0.3 is 19.1 Å². The highest BCUT2D eigenvalue weighted by atomic mass is 19.1. The number of amides is 3. The molecule has 4 heterocycles. The van der Waals surface area contributed by atoms with Gasteiger partial charge in [0.15, 0.2) is 5.82 Å². The molecule has 2 saturated heterocycles. The van der Waals surface area contributed by atoms with E-state index in [1.807, 2.05) is 27.7 Å². The van der Waals surface area contributed by atoms with Crippen molar-refractivity contribution in [2.24, 2.45) is 11.8 Å². The van der Waals surface area contributed by atoms with Crippen molar-refractivity contribution in [3.63, 3.8) is 0 Å². The minimum Gasteiger partial charge on any atom is -0.444 e. The Balaban J connectivity index is 1.12. The molecule has 1 aromatic heterocycles. The van der Waals surface area contributed by atoms with Gasteiger partial charge in [0.25, 0.3) is 5.91 Å². The molecule has 11 nitrogen and oxygen atoms in total. The first-order chi connectivity index (χ1) is 21.0. The number of aromatic nitrogens is 3. The van der Waals surface area contributed by atoms with E-state index in [9.17, 15) is 14.4 Å². The molecule has 3 fully saturated rings. The van der Waals surface area contributed by atoms with E-state index in [-0.39, 0.29) is 59.9 Å². The maximum atomic E-state index is 15.1. The number of rotatable bonds is 4. The average molecular weight is 610 g/mol. The molecular formula is C32H44FN7O4. The van der Waals surface area contributed by atoms with Crippen LogP contribution in [0.2, 0.25) is 0 Å². The summed E-state index contributed by atoms with van der Waals surface area (Å²) in [4.78, 5) is 42.0. The van der Waals surface area contributed by atoms with Crippen LogP contribution >= 0.6 is 0 Å². The Labute approximate surface area is 257 Å². The maximum Gasteiger partial charge on any atom is 0.410 e. The zero-order chi connectivity index (χ0) is 31.2. The molecule has 3 aliphatic heterocycles. The van der Waals surface area contributed by atoms with Crippen molar-refractivity contribution < 1.29 is 23.5 Å². The van der Waals surface area contributed by atoms with E-state index >= 15 is 4.39 Å². The van der Waals surface area contributed by atoms with Crippen molar-refractivity contribution in [1.29, 1.82) is 0 Å². The lowest BCUT2D eigenvalue weighted by molar-refractivity contribution is -0.133. The van der Waals surface area contributed by atoms with Gasteiger partial charge in [-0.3, -0.25) is 15.0 Å². The summed E-state index contributed by atoms with van der Waals surface area (Å²) in [6, 6.07) is 4.73. The number of likely N-dealkylation sites (tertiary alicyclic amines) is 1. The minimum absolute atomic E-state index is 0.00570. The van der Waals surface area contributed by atoms with Crippen LogP contribution < -0.4 is 10.9 Å². The molecule has 3 amide bonds. The van der Waals surface area contributed by atoms with Gasteiger partial charge in [-0.15, -0.1) is 10.2 Å². The highest BCUT2D eigenvalue weighted by Gasteiger charge is 2.40. The van der Waals surface area contributed by atoms with Crippen LogP contribution in [0.4, 0.5) is 9.18 Å². The van der Waals surface area contributed by atoms with E-state index in [4.69, 9.17) is 4.74 Å². The Kier molecular flexibility index (Phi) is 8.38. The summed E-state index contributed by atoms with van der Waals surface area (Å²) >= 11 is 0. The number of nitrogens with one attached hydrogen (secondary N) is 2. The van der Waals surface area contributed by atoms with Gasteiger partial charge in [-0.1, -0.05) is 18.9 Å². The molecule has 6 rings (SSSR count). The SMILES string of the molecule is CC1CN(C(=O)c2cc(CC3NNC(=O)C4CCCCC34)ccc2F)Cc2nnc(C3CCN(C(=O)OC(C)(C)C)CC3)n21. The molecule has 0 radical (unpaired) electrons. The molecule has 1 saturated carbocycles. The van der Waals surface area contributed by atoms with Gasteiger partial charge in [-0.2, -0.15) is 0 Å². The van der Waals surface area contributed by atoms with Crippen LogP contribution in [0.1, 0.15) is 106 Å². The summed E-state index contributed by atoms with van der Waals surface area (Å²) < 4.78 is 22.8. The smallest absolute Gasteiger partial charge is 0.410 e. The standard InChI is InChI=1S/C32H44FN7O4/c1-19-17-39(18-27-35-36-28(40(19)27)21-11-13-38(14-12-21)31(43)44-32(2,3)4)30(42)24-15-20(9-10-25(24)33)16-26-22-7-5-6-8-23(22)29(41)37-34-26/h9-10,15,19,21-23,26,34H,5-8,11-14,16-18H2,1-4H3,(H,37,41). The largest absolute Gasteiger partial charge is 0.444 e. The molecule has 2 N–H and O–H groups in total. The number of hydrogen-bond acceptors (Lipinski definition) is 7. The second-order valence-electron chi connectivity index (χ2n) is 13.9. The molecule has 0 bridgehead atoms. The van der Waals surface area contributed by atoms with Crippen LogP contribution in [0.25, 0.3) is 0 Å². The van der Waals surface area contributed by atoms with Gasteiger partial charge in [-0.05, 0) is 83.4 Å². The summed E-state index contributed by atoms with van der Waals surface area (Å²) in [6.07, 6.45) is 5.86. The van der Waals surface area contributed by atoms with Crippen molar-refractivity contribution in [2.75, 3.05) is 19.6 Å². The van der Waals surface area contributed by atoms with Crippen LogP contribution in [0, 0.1) is 17.7 Å². The Bertz CT molecular complexity index is 1410. The van der Waals surface area contributed by atoms with E-state index in [0.717, 1.165) is 49.9 Å². The minimum atomic E-state index is -0.545. The lowest BCUT2D eigenvalue weighted by Crippen LogP contribution is -2.60. The molecule has 4 atom stereocenters. The third kappa shape index (κ3) is 6.18. The quantitative estimate of drug-likeness (QED) is 0.535. The number of carbonyl (C=O) groups is 3. The van der Waals surface area contributed by atoms with E-state index < -0.39 is 11.4 Å². The van der Waals surface area contributed by atoms with Crippen molar-refractivity contribution in [1.82, 2.24) is 35.4 Å². The summed E-state index contributed by atoms with van der Waals surface area (Å²) in [5, 5.41) is 8.98. The molecule has 238 valence electrons. The number of hydrogen-bond donors (Lipinski definition) is 2. The summed E-state index contributed by atoms with van der Waals surface area (Å²) in [5.74, 6) is 1.10. The van der Waals surface area contributed by atoms with Crippen LogP contribution in [0.15, 0.2) is 18.2 Å². The van der Waals surface area contributed by atoms with Crippen molar-refractivity contribution in [3.8, 4) is 0 Å². The molecule has 44 heavy (non-hydrogen) atoms. The topological polar surface area (TPSA) is 122 Å². The molecular weight excluding hydrogens is 565 g/mol. The molecule has 0 spiro atoms. The van der Waals surface area contributed by atoms with Gasteiger partial charge >= 0.3 is 6.09 Å². The number of ether oxygens (including phenoxy) is 1. The van der Waals surface area contributed by atoms with Crippen molar-refractivity contribution in [3.05, 3.63) is 46.8 Å². The van der Waals surface area contributed by atoms with E-state index in [2.05, 4.69) is 25.6 Å². The lowest BCUT2D eigenvalue weighted by atomic mass is 9.72. The first kappa shape index (κ1) is 30.5. The van der Waals surface area contributed by atoms with Gasteiger partial charge in [0, 0.05) is 37.5 Å². The Hall–Kier alpha value is -3.54. The predicted molar refractivity (Wildman–Crippen MR) is 160 cm³/mol. The molecule has 4 aliphatic rings. The highest BCUT2D eigenvalue weighted by molar-refractivity contribution is 5.94. The molecule has 4 unspecified atom stereocenters. The molecule has 1 aromatic carbocycles. The zero-order valence-electron chi connectivity index (χ0n) is 26.1. The second kappa shape index (κ2) is 12.1. The number of fused-ring (bicyclic) bond motifs is 2. The zero-order valence-corrected chi connectivity index (χ0v) is 26.1. The maximum absolute atomic E-state index is 15.1. The van der Waals surface area contributed by atoms with Crippen molar-refractivity contribution in [2.45, 2.75) is 103 Å². The van der Waals surface area contributed by atoms with Gasteiger partial charge in [0.2, 0.25) is 5.91 Å². The van der Waals surface area contributed by atoms with Crippen LogP contribution in [-0.4, -0.2) is 73.7 Å². The monoisotopic (exact) mass is 609 g/mol. The normalized spacial score (nSPS) is 26.1. The second-order valence-corrected chi connectivity index (χ2v) is 13.9. The first-order valence-corrected chi connectivity index (χ1v) is 16.0. The summed E-state index contributed by atoms with van der Waals surface area (Å²) in [5.41, 5.74) is 6.39. The van der Waals surface area contributed by atoms with Gasteiger partial charge in [0.1, 0.15) is 17.2 Å². The fourth-order valence-electron chi connectivity index (χ4n) is 7.46. The molecule has 12 heteroatoms. The molecule has 1 aliphatic carbocycles. The van der Waals surface area contributed by atoms with E-state index in [1.165, 1.54) is 6.07 Å².